The lowest BCUT2D eigenvalue weighted by Crippen LogP contribution is -2.43. The highest BCUT2D eigenvalue weighted by Gasteiger charge is 2.30. The summed E-state index contributed by atoms with van der Waals surface area (Å²) in [4.78, 5) is 31.8. The zero-order valence-electron chi connectivity index (χ0n) is 15.7. The third-order valence-corrected chi connectivity index (χ3v) is 6.04. The fraction of sp³-hybridized carbons (Fsp3) is 0.227. The molecule has 29 heavy (non-hydrogen) atoms. The number of amides is 2. The maximum Gasteiger partial charge on any atom is 0.273 e. The molecular formula is C22H20ClN3O2S. The minimum absolute atomic E-state index is 0.0494. The van der Waals surface area contributed by atoms with Crippen molar-refractivity contribution in [3.05, 3.63) is 70.7 Å². The molecule has 1 aromatic heterocycles. The van der Waals surface area contributed by atoms with Crippen LogP contribution in [0.5, 0.6) is 0 Å². The van der Waals surface area contributed by atoms with Crippen LogP contribution in [0, 0.1) is 5.92 Å². The molecule has 1 N–H and O–H groups in total. The van der Waals surface area contributed by atoms with Crippen LogP contribution in [0.4, 0.5) is 5.69 Å². The van der Waals surface area contributed by atoms with E-state index in [1.165, 1.54) is 11.3 Å². The van der Waals surface area contributed by atoms with E-state index in [0.717, 1.165) is 29.1 Å². The molecule has 2 amide bonds. The quantitative estimate of drug-likeness (QED) is 0.643. The second-order valence-electron chi connectivity index (χ2n) is 6.99. The Hall–Kier alpha value is -2.70. The molecule has 0 spiro atoms. The molecule has 0 bridgehead atoms. The van der Waals surface area contributed by atoms with Gasteiger partial charge in [0.25, 0.3) is 5.91 Å². The van der Waals surface area contributed by atoms with Gasteiger partial charge in [-0.15, -0.1) is 11.3 Å². The van der Waals surface area contributed by atoms with E-state index in [0.29, 0.717) is 23.8 Å². The molecule has 1 saturated heterocycles. The largest absolute Gasteiger partial charge is 0.336 e. The summed E-state index contributed by atoms with van der Waals surface area (Å²) in [5.41, 5.74) is 2.07. The first-order valence-electron chi connectivity index (χ1n) is 9.47. The van der Waals surface area contributed by atoms with Crippen LogP contribution < -0.4 is 5.32 Å². The molecule has 148 valence electrons. The molecule has 3 aromatic rings. The number of benzene rings is 2. The van der Waals surface area contributed by atoms with Gasteiger partial charge >= 0.3 is 0 Å². The van der Waals surface area contributed by atoms with Crippen molar-refractivity contribution in [1.29, 1.82) is 0 Å². The molecule has 0 aliphatic carbocycles. The van der Waals surface area contributed by atoms with E-state index in [4.69, 9.17) is 11.6 Å². The normalized spacial score (nSPS) is 16.4. The number of thiazole rings is 1. The van der Waals surface area contributed by atoms with Crippen LogP contribution in [0.25, 0.3) is 10.6 Å². The number of carbonyl (C=O) groups excluding carboxylic acids is 2. The lowest BCUT2D eigenvalue weighted by Gasteiger charge is -2.31. The Morgan fingerprint density at radius 2 is 1.97 bits per heavy atom. The summed E-state index contributed by atoms with van der Waals surface area (Å²) in [6, 6.07) is 16.8. The molecule has 5 nitrogen and oxygen atoms in total. The van der Waals surface area contributed by atoms with Crippen molar-refractivity contribution < 1.29 is 9.59 Å². The van der Waals surface area contributed by atoms with E-state index in [1.807, 2.05) is 48.5 Å². The molecule has 1 aliphatic heterocycles. The third-order valence-electron chi connectivity index (χ3n) is 4.92. The van der Waals surface area contributed by atoms with Crippen molar-refractivity contribution >= 4 is 40.4 Å². The predicted molar refractivity (Wildman–Crippen MR) is 116 cm³/mol. The first-order valence-corrected chi connectivity index (χ1v) is 10.7. The van der Waals surface area contributed by atoms with Gasteiger partial charge in [-0.2, -0.15) is 0 Å². The molecule has 1 atom stereocenters. The molecule has 2 heterocycles. The second kappa shape index (κ2) is 8.76. The molecule has 4 rings (SSSR count). The number of aromatic nitrogens is 1. The van der Waals surface area contributed by atoms with Crippen molar-refractivity contribution in [1.82, 2.24) is 9.88 Å². The van der Waals surface area contributed by atoms with Crippen molar-refractivity contribution in [2.45, 2.75) is 12.8 Å². The zero-order valence-corrected chi connectivity index (χ0v) is 17.2. The highest BCUT2D eigenvalue weighted by atomic mass is 35.5. The number of para-hydroxylation sites is 1. The molecule has 1 fully saturated rings. The molecule has 7 heteroatoms. The molecule has 1 unspecified atom stereocenters. The predicted octanol–water partition coefficient (Wildman–Crippen LogP) is 4.95. The van der Waals surface area contributed by atoms with E-state index in [-0.39, 0.29) is 17.7 Å². The number of nitrogens with one attached hydrogen (secondary N) is 1. The molecular weight excluding hydrogens is 406 g/mol. The highest BCUT2D eigenvalue weighted by Crippen LogP contribution is 2.27. The Kier molecular flexibility index (Phi) is 5.92. The number of hydrogen-bond acceptors (Lipinski definition) is 4. The fourth-order valence-corrected chi connectivity index (χ4v) is 4.41. The summed E-state index contributed by atoms with van der Waals surface area (Å²) >= 11 is 7.47. The Bertz CT molecular complexity index is 1020. The van der Waals surface area contributed by atoms with Gasteiger partial charge in [-0.3, -0.25) is 9.59 Å². The Morgan fingerprint density at radius 1 is 1.14 bits per heavy atom. The van der Waals surface area contributed by atoms with Crippen molar-refractivity contribution in [2.24, 2.45) is 5.92 Å². The van der Waals surface area contributed by atoms with E-state index in [9.17, 15) is 9.59 Å². The van der Waals surface area contributed by atoms with Gasteiger partial charge in [0, 0.05) is 34.7 Å². The molecule has 0 saturated carbocycles. The van der Waals surface area contributed by atoms with Gasteiger partial charge in [0.1, 0.15) is 10.7 Å². The van der Waals surface area contributed by atoms with Gasteiger partial charge in [0.15, 0.2) is 0 Å². The van der Waals surface area contributed by atoms with Crippen molar-refractivity contribution in [2.75, 3.05) is 18.4 Å². The standard InChI is InChI=1S/C22H20ClN3O2S/c23-17-8-4-6-15(12-17)21-25-19(14-29-21)22(28)26-11-5-7-16(13-26)20(27)24-18-9-2-1-3-10-18/h1-4,6,8-10,12,14,16H,5,7,11,13H2,(H,24,27). The van der Waals surface area contributed by atoms with E-state index >= 15 is 0 Å². The van der Waals surface area contributed by atoms with Crippen molar-refractivity contribution in [3.8, 4) is 10.6 Å². The first kappa shape index (κ1) is 19.6. The lowest BCUT2D eigenvalue weighted by molar-refractivity contribution is -0.121. The second-order valence-corrected chi connectivity index (χ2v) is 8.29. The monoisotopic (exact) mass is 425 g/mol. The molecule has 1 aliphatic rings. The number of anilines is 1. The Morgan fingerprint density at radius 3 is 2.76 bits per heavy atom. The minimum atomic E-state index is -0.223. The number of halogens is 1. The lowest BCUT2D eigenvalue weighted by atomic mass is 9.96. The minimum Gasteiger partial charge on any atom is -0.336 e. The summed E-state index contributed by atoms with van der Waals surface area (Å²) in [5.74, 6) is -0.405. The highest BCUT2D eigenvalue weighted by molar-refractivity contribution is 7.13. The molecule has 0 radical (unpaired) electrons. The number of piperidine rings is 1. The topological polar surface area (TPSA) is 62.3 Å². The van der Waals surface area contributed by atoms with Crippen LogP contribution in [0.2, 0.25) is 5.02 Å². The summed E-state index contributed by atoms with van der Waals surface area (Å²) in [6.07, 6.45) is 1.57. The van der Waals surface area contributed by atoms with Gasteiger partial charge in [0.2, 0.25) is 5.91 Å². The SMILES string of the molecule is O=C(Nc1ccccc1)C1CCCN(C(=O)c2csc(-c3cccc(Cl)c3)n2)C1. The van der Waals surface area contributed by atoms with Gasteiger partial charge in [0.05, 0.1) is 5.92 Å². The van der Waals surface area contributed by atoms with E-state index in [1.54, 1.807) is 16.3 Å². The van der Waals surface area contributed by atoms with Crippen LogP contribution in [0.3, 0.4) is 0 Å². The number of likely N-dealkylation sites (tertiary alicyclic amines) is 1. The Balaban J connectivity index is 1.43. The smallest absolute Gasteiger partial charge is 0.273 e. The van der Waals surface area contributed by atoms with Crippen LogP contribution in [-0.2, 0) is 4.79 Å². The van der Waals surface area contributed by atoms with E-state index in [2.05, 4.69) is 10.3 Å². The maximum atomic E-state index is 13.0. The Labute approximate surface area is 178 Å². The number of rotatable bonds is 4. The van der Waals surface area contributed by atoms with Crippen LogP contribution in [0.15, 0.2) is 60.0 Å². The fourth-order valence-electron chi connectivity index (χ4n) is 3.43. The van der Waals surface area contributed by atoms with Crippen LogP contribution in [0.1, 0.15) is 23.3 Å². The van der Waals surface area contributed by atoms with Gasteiger partial charge in [-0.05, 0) is 37.1 Å². The summed E-state index contributed by atoms with van der Waals surface area (Å²) in [6.45, 7) is 1.04. The first-order chi connectivity index (χ1) is 14.1. The van der Waals surface area contributed by atoms with E-state index < -0.39 is 0 Å². The van der Waals surface area contributed by atoms with Crippen molar-refractivity contribution in [3.63, 3.8) is 0 Å². The average Bonchev–Trinajstić information content (AvgIpc) is 3.24. The zero-order chi connectivity index (χ0) is 20.2. The van der Waals surface area contributed by atoms with Gasteiger partial charge in [-0.1, -0.05) is 41.9 Å². The summed E-state index contributed by atoms with van der Waals surface area (Å²) in [5, 5.41) is 6.10. The third kappa shape index (κ3) is 4.66. The van der Waals surface area contributed by atoms with Crippen LogP contribution in [-0.4, -0.2) is 34.8 Å². The number of nitrogens with zero attached hydrogens (tertiary/aromatic N) is 2. The molecule has 2 aromatic carbocycles. The number of carbonyl (C=O) groups is 2. The summed E-state index contributed by atoms with van der Waals surface area (Å²) < 4.78 is 0. The average molecular weight is 426 g/mol. The van der Waals surface area contributed by atoms with Crippen LogP contribution >= 0.6 is 22.9 Å². The maximum absolute atomic E-state index is 13.0. The van der Waals surface area contributed by atoms with Gasteiger partial charge in [-0.25, -0.2) is 4.98 Å². The number of hydrogen-bond donors (Lipinski definition) is 1. The summed E-state index contributed by atoms with van der Waals surface area (Å²) in [7, 11) is 0. The van der Waals surface area contributed by atoms with Gasteiger partial charge < -0.3 is 10.2 Å².